The summed E-state index contributed by atoms with van der Waals surface area (Å²) in [4.78, 5) is 12.0. The number of carbonyl (C=O) groups is 1. The standard InChI is InChI=1S/C13H19ClN2O3S/c1-5-11(13(17)15-3)16(20(4,18)19)12-8-10(14)7-6-9(12)2/h6-8,11H,5H2,1-4H3,(H,15,17)/t11-/m1/s1. The average Bonchev–Trinajstić information content (AvgIpc) is 2.36. The quantitative estimate of drug-likeness (QED) is 0.902. The normalized spacial score (nSPS) is 12.8. The van der Waals surface area contributed by atoms with Gasteiger partial charge in [0.2, 0.25) is 15.9 Å². The highest BCUT2D eigenvalue weighted by atomic mass is 35.5. The zero-order chi connectivity index (χ0) is 15.5. The summed E-state index contributed by atoms with van der Waals surface area (Å²) in [5.41, 5.74) is 1.16. The molecule has 5 nitrogen and oxygen atoms in total. The Morgan fingerprint density at radius 2 is 2.05 bits per heavy atom. The van der Waals surface area contributed by atoms with E-state index in [1.165, 1.54) is 7.05 Å². The summed E-state index contributed by atoms with van der Waals surface area (Å²) in [6.45, 7) is 3.54. The number of benzene rings is 1. The van der Waals surface area contributed by atoms with Gasteiger partial charge in [-0.25, -0.2) is 8.42 Å². The first-order valence-electron chi connectivity index (χ1n) is 6.19. The molecule has 0 heterocycles. The third-order valence-electron chi connectivity index (χ3n) is 2.98. The number of nitrogens with one attached hydrogen (secondary N) is 1. The molecule has 1 aromatic carbocycles. The van der Waals surface area contributed by atoms with Crippen LogP contribution in [0.2, 0.25) is 5.02 Å². The van der Waals surface area contributed by atoms with Crippen molar-refractivity contribution in [2.75, 3.05) is 17.6 Å². The molecule has 1 rings (SSSR count). The molecule has 0 fully saturated rings. The molecule has 1 atom stereocenters. The van der Waals surface area contributed by atoms with Crippen molar-refractivity contribution in [3.8, 4) is 0 Å². The molecular weight excluding hydrogens is 300 g/mol. The van der Waals surface area contributed by atoms with Gasteiger partial charge in [0.25, 0.3) is 0 Å². The molecule has 0 aliphatic heterocycles. The minimum Gasteiger partial charge on any atom is -0.357 e. The minimum absolute atomic E-state index is 0.350. The maximum atomic E-state index is 12.1. The molecule has 0 saturated carbocycles. The number of carbonyl (C=O) groups excluding carboxylic acids is 1. The predicted octanol–water partition coefficient (Wildman–Crippen LogP) is 1.94. The molecule has 0 aromatic heterocycles. The monoisotopic (exact) mass is 318 g/mol. The first-order valence-corrected chi connectivity index (χ1v) is 8.42. The molecule has 0 unspecified atom stereocenters. The molecule has 0 saturated heterocycles. The lowest BCUT2D eigenvalue weighted by molar-refractivity contribution is -0.121. The van der Waals surface area contributed by atoms with Gasteiger partial charge in [-0.1, -0.05) is 24.6 Å². The summed E-state index contributed by atoms with van der Waals surface area (Å²) >= 11 is 5.95. The maximum Gasteiger partial charge on any atom is 0.243 e. The largest absolute Gasteiger partial charge is 0.357 e. The molecule has 1 amide bonds. The number of nitrogens with zero attached hydrogens (tertiary/aromatic N) is 1. The lowest BCUT2D eigenvalue weighted by Crippen LogP contribution is -2.48. The van der Waals surface area contributed by atoms with Crippen LogP contribution < -0.4 is 9.62 Å². The molecule has 1 aromatic rings. The van der Waals surface area contributed by atoms with E-state index in [9.17, 15) is 13.2 Å². The molecule has 20 heavy (non-hydrogen) atoms. The van der Waals surface area contributed by atoms with Crippen LogP contribution in [-0.4, -0.2) is 33.7 Å². The van der Waals surface area contributed by atoms with E-state index in [-0.39, 0.29) is 5.91 Å². The number of halogens is 1. The lowest BCUT2D eigenvalue weighted by Gasteiger charge is -2.31. The van der Waals surface area contributed by atoms with Crippen molar-refractivity contribution >= 4 is 33.2 Å². The van der Waals surface area contributed by atoms with E-state index < -0.39 is 16.1 Å². The van der Waals surface area contributed by atoms with Gasteiger partial charge in [-0.3, -0.25) is 9.10 Å². The molecular formula is C13H19ClN2O3S. The van der Waals surface area contributed by atoms with Crippen molar-refractivity contribution in [1.29, 1.82) is 0 Å². The van der Waals surface area contributed by atoms with Crippen LogP contribution in [0.5, 0.6) is 0 Å². The Bertz CT molecular complexity index is 602. The fourth-order valence-corrected chi connectivity index (χ4v) is 3.45. The van der Waals surface area contributed by atoms with Crippen molar-refractivity contribution in [3.05, 3.63) is 28.8 Å². The van der Waals surface area contributed by atoms with E-state index in [0.29, 0.717) is 17.1 Å². The van der Waals surface area contributed by atoms with E-state index in [4.69, 9.17) is 11.6 Å². The van der Waals surface area contributed by atoms with Crippen molar-refractivity contribution < 1.29 is 13.2 Å². The van der Waals surface area contributed by atoms with Crippen LogP contribution in [0.3, 0.4) is 0 Å². The Morgan fingerprint density at radius 3 is 2.50 bits per heavy atom. The average molecular weight is 319 g/mol. The second-order valence-electron chi connectivity index (χ2n) is 4.53. The zero-order valence-corrected chi connectivity index (χ0v) is 13.5. The Hall–Kier alpha value is -1.27. The number of rotatable bonds is 5. The van der Waals surface area contributed by atoms with E-state index in [0.717, 1.165) is 16.1 Å². The minimum atomic E-state index is -3.61. The molecule has 1 N–H and O–H groups in total. The second-order valence-corrected chi connectivity index (χ2v) is 6.82. The number of amides is 1. The number of anilines is 1. The van der Waals surface area contributed by atoms with Crippen LogP contribution in [-0.2, 0) is 14.8 Å². The third kappa shape index (κ3) is 3.64. The maximum absolute atomic E-state index is 12.1. The lowest BCUT2D eigenvalue weighted by atomic mass is 10.1. The van der Waals surface area contributed by atoms with Gasteiger partial charge in [0.15, 0.2) is 0 Å². The van der Waals surface area contributed by atoms with Crippen molar-refractivity contribution in [3.63, 3.8) is 0 Å². The fraction of sp³-hybridized carbons (Fsp3) is 0.462. The van der Waals surface area contributed by atoms with Crippen LogP contribution in [0.4, 0.5) is 5.69 Å². The van der Waals surface area contributed by atoms with Crippen molar-refractivity contribution in [1.82, 2.24) is 5.32 Å². The van der Waals surface area contributed by atoms with Crippen LogP contribution in [0, 0.1) is 6.92 Å². The highest BCUT2D eigenvalue weighted by Crippen LogP contribution is 2.29. The fourth-order valence-electron chi connectivity index (χ4n) is 2.02. The summed E-state index contributed by atoms with van der Waals surface area (Å²) in [6.07, 6.45) is 1.44. The van der Waals surface area contributed by atoms with E-state index in [2.05, 4.69) is 5.32 Å². The van der Waals surface area contributed by atoms with Crippen molar-refractivity contribution in [2.24, 2.45) is 0 Å². The second kappa shape index (κ2) is 6.45. The Kier molecular flexibility index (Phi) is 5.42. The van der Waals surface area contributed by atoms with Gasteiger partial charge in [-0.15, -0.1) is 0 Å². The van der Waals surface area contributed by atoms with Crippen molar-refractivity contribution in [2.45, 2.75) is 26.3 Å². The van der Waals surface area contributed by atoms with E-state index in [1.807, 2.05) is 0 Å². The Labute approximate surface area is 125 Å². The number of sulfonamides is 1. The highest BCUT2D eigenvalue weighted by molar-refractivity contribution is 7.92. The summed E-state index contributed by atoms with van der Waals surface area (Å²) < 4.78 is 25.4. The summed E-state index contributed by atoms with van der Waals surface area (Å²) in [5.74, 6) is -0.350. The van der Waals surface area contributed by atoms with Gasteiger partial charge < -0.3 is 5.32 Å². The van der Waals surface area contributed by atoms with E-state index in [1.54, 1.807) is 32.0 Å². The molecule has 0 radical (unpaired) electrons. The van der Waals surface area contributed by atoms with Crippen LogP contribution in [0.15, 0.2) is 18.2 Å². The van der Waals surface area contributed by atoms with Gasteiger partial charge >= 0.3 is 0 Å². The molecule has 0 aliphatic rings. The number of likely N-dealkylation sites (N-methyl/N-ethyl adjacent to an activating group) is 1. The zero-order valence-electron chi connectivity index (χ0n) is 12.0. The van der Waals surface area contributed by atoms with Gasteiger partial charge in [0, 0.05) is 12.1 Å². The van der Waals surface area contributed by atoms with Gasteiger partial charge in [0.1, 0.15) is 6.04 Å². The molecule has 0 aliphatic carbocycles. The first kappa shape index (κ1) is 16.8. The summed E-state index contributed by atoms with van der Waals surface area (Å²) in [6, 6.07) is 4.17. The summed E-state index contributed by atoms with van der Waals surface area (Å²) in [5, 5.41) is 2.92. The predicted molar refractivity (Wildman–Crippen MR) is 81.7 cm³/mol. The summed E-state index contributed by atoms with van der Waals surface area (Å²) in [7, 11) is -2.13. The topological polar surface area (TPSA) is 66.5 Å². The van der Waals surface area contributed by atoms with Gasteiger partial charge in [0.05, 0.1) is 11.9 Å². The third-order valence-corrected chi connectivity index (χ3v) is 4.39. The number of hydrogen-bond acceptors (Lipinski definition) is 3. The van der Waals surface area contributed by atoms with E-state index >= 15 is 0 Å². The Balaban J connectivity index is 3.47. The highest BCUT2D eigenvalue weighted by Gasteiger charge is 2.31. The van der Waals surface area contributed by atoms with Gasteiger partial charge in [-0.2, -0.15) is 0 Å². The Morgan fingerprint density at radius 1 is 1.45 bits per heavy atom. The molecule has 7 heteroatoms. The first-order chi connectivity index (χ1) is 9.22. The molecule has 112 valence electrons. The van der Waals surface area contributed by atoms with Crippen LogP contribution in [0.1, 0.15) is 18.9 Å². The van der Waals surface area contributed by atoms with Crippen LogP contribution >= 0.6 is 11.6 Å². The van der Waals surface area contributed by atoms with Crippen LogP contribution in [0.25, 0.3) is 0 Å². The smallest absolute Gasteiger partial charge is 0.243 e. The molecule has 0 bridgehead atoms. The number of aryl methyl sites for hydroxylation is 1. The number of hydrogen-bond donors (Lipinski definition) is 1. The van der Waals surface area contributed by atoms with Gasteiger partial charge in [-0.05, 0) is 31.0 Å². The SMILES string of the molecule is CC[C@H](C(=O)NC)N(c1cc(Cl)ccc1C)S(C)(=O)=O. The molecule has 0 spiro atoms.